The number of nitrogens with one attached hydrogen (secondary N) is 1. The van der Waals surface area contributed by atoms with Crippen LogP contribution in [0.15, 0.2) is 83.8 Å². The minimum absolute atomic E-state index is 0.156. The van der Waals surface area contributed by atoms with Crippen molar-refractivity contribution in [3.05, 3.63) is 90.0 Å². The SMILES string of the molecule is CC(=O)Oc1ccccc1/C=C/C(=O)Nc1ccc(S(=O)(=O)N2CCc3ccccc32)cc1. The van der Waals surface area contributed by atoms with Gasteiger partial charge in [-0.25, -0.2) is 8.42 Å². The second kappa shape index (κ2) is 9.30. The van der Waals surface area contributed by atoms with Crippen molar-refractivity contribution in [2.45, 2.75) is 18.2 Å². The summed E-state index contributed by atoms with van der Waals surface area (Å²) in [6.45, 7) is 1.71. The average molecular weight is 463 g/mol. The van der Waals surface area contributed by atoms with Crippen molar-refractivity contribution in [1.82, 2.24) is 0 Å². The minimum Gasteiger partial charge on any atom is -0.426 e. The number of carbonyl (C=O) groups excluding carboxylic acids is 2. The number of amides is 1. The molecule has 0 spiro atoms. The summed E-state index contributed by atoms with van der Waals surface area (Å²) >= 11 is 0. The first-order chi connectivity index (χ1) is 15.8. The molecule has 0 fully saturated rings. The summed E-state index contributed by atoms with van der Waals surface area (Å²) in [6, 6.07) is 20.4. The predicted molar refractivity (Wildman–Crippen MR) is 127 cm³/mol. The van der Waals surface area contributed by atoms with Gasteiger partial charge in [-0.05, 0) is 54.5 Å². The minimum atomic E-state index is -3.69. The first kappa shape index (κ1) is 22.3. The largest absolute Gasteiger partial charge is 0.426 e. The van der Waals surface area contributed by atoms with Gasteiger partial charge in [0.2, 0.25) is 5.91 Å². The van der Waals surface area contributed by atoms with E-state index >= 15 is 0 Å². The van der Waals surface area contributed by atoms with Crippen LogP contribution >= 0.6 is 0 Å². The van der Waals surface area contributed by atoms with Crippen LogP contribution in [0.25, 0.3) is 6.08 Å². The van der Waals surface area contributed by atoms with Crippen LogP contribution in [0.1, 0.15) is 18.1 Å². The third kappa shape index (κ3) is 4.96. The molecule has 0 unspecified atom stereocenters. The maximum atomic E-state index is 13.1. The molecule has 1 amide bonds. The molecule has 3 aromatic rings. The van der Waals surface area contributed by atoms with Crippen LogP contribution in [0.2, 0.25) is 0 Å². The standard InChI is InChI=1S/C25H22N2O5S/c1-18(28)32-24-9-5-3-7-20(24)10-15-25(29)26-21-11-13-22(14-12-21)33(30,31)27-17-16-19-6-2-4-8-23(19)27/h2-15H,16-17H2,1H3,(H,26,29)/b15-10+. The van der Waals surface area contributed by atoms with Crippen molar-refractivity contribution in [1.29, 1.82) is 0 Å². The van der Waals surface area contributed by atoms with Gasteiger partial charge >= 0.3 is 5.97 Å². The zero-order valence-electron chi connectivity index (χ0n) is 17.9. The van der Waals surface area contributed by atoms with E-state index in [1.165, 1.54) is 35.5 Å². The summed E-state index contributed by atoms with van der Waals surface area (Å²) in [5.41, 5.74) is 2.75. The van der Waals surface area contributed by atoms with Crippen LogP contribution < -0.4 is 14.4 Å². The van der Waals surface area contributed by atoms with Gasteiger partial charge in [0.15, 0.2) is 0 Å². The number of esters is 1. The average Bonchev–Trinajstić information content (AvgIpc) is 3.24. The lowest BCUT2D eigenvalue weighted by Crippen LogP contribution is -2.29. The molecule has 1 N–H and O–H groups in total. The second-order valence-electron chi connectivity index (χ2n) is 7.43. The molecule has 0 saturated carbocycles. The summed E-state index contributed by atoms with van der Waals surface area (Å²) in [4.78, 5) is 23.7. The third-order valence-electron chi connectivity index (χ3n) is 5.14. The molecule has 7 nitrogen and oxygen atoms in total. The second-order valence-corrected chi connectivity index (χ2v) is 9.30. The van der Waals surface area contributed by atoms with Crippen LogP contribution in [0.3, 0.4) is 0 Å². The highest BCUT2D eigenvalue weighted by Gasteiger charge is 2.30. The third-order valence-corrected chi connectivity index (χ3v) is 6.97. The van der Waals surface area contributed by atoms with Gasteiger partial charge in [0.1, 0.15) is 5.75 Å². The van der Waals surface area contributed by atoms with Crippen LogP contribution in [0, 0.1) is 0 Å². The smallest absolute Gasteiger partial charge is 0.308 e. The van der Waals surface area contributed by atoms with Gasteiger partial charge in [-0.2, -0.15) is 0 Å². The lowest BCUT2D eigenvalue weighted by Gasteiger charge is -2.19. The van der Waals surface area contributed by atoms with Crippen molar-refractivity contribution in [3.8, 4) is 5.75 Å². The molecule has 168 valence electrons. The van der Waals surface area contributed by atoms with Crippen LogP contribution in [-0.2, 0) is 26.0 Å². The van der Waals surface area contributed by atoms with Gasteiger partial charge in [0.05, 0.1) is 10.6 Å². The Labute approximate surface area is 192 Å². The van der Waals surface area contributed by atoms with Crippen LogP contribution in [-0.4, -0.2) is 26.8 Å². The Hall–Kier alpha value is -3.91. The number of rotatable bonds is 6. The molecule has 0 atom stereocenters. The number of carbonyl (C=O) groups is 2. The normalized spacial score (nSPS) is 13.1. The number of hydrogen-bond donors (Lipinski definition) is 1. The molecule has 4 rings (SSSR count). The van der Waals surface area contributed by atoms with E-state index in [9.17, 15) is 18.0 Å². The molecule has 8 heteroatoms. The summed E-state index contributed by atoms with van der Waals surface area (Å²) in [5.74, 6) is -0.503. The number of hydrogen-bond acceptors (Lipinski definition) is 5. The van der Waals surface area contributed by atoms with Gasteiger partial charge < -0.3 is 10.1 Å². The van der Waals surface area contributed by atoms with Gasteiger partial charge in [-0.15, -0.1) is 0 Å². The Morgan fingerprint density at radius 2 is 1.67 bits per heavy atom. The Morgan fingerprint density at radius 1 is 0.970 bits per heavy atom. The molecule has 0 aliphatic carbocycles. The number of sulfonamides is 1. The van der Waals surface area contributed by atoms with Crippen molar-refractivity contribution in [2.24, 2.45) is 0 Å². The fourth-order valence-electron chi connectivity index (χ4n) is 3.61. The van der Waals surface area contributed by atoms with E-state index in [0.29, 0.717) is 35.7 Å². The van der Waals surface area contributed by atoms with Gasteiger partial charge in [-0.1, -0.05) is 36.4 Å². The Morgan fingerprint density at radius 3 is 2.42 bits per heavy atom. The molecule has 33 heavy (non-hydrogen) atoms. The number of para-hydroxylation sites is 2. The monoisotopic (exact) mass is 462 g/mol. The van der Waals surface area contributed by atoms with Crippen LogP contribution in [0.5, 0.6) is 5.75 Å². The lowest BCUT2D eigenvalue weighted by molar-refractivity contribution is -0.131. The van der Waals surface area contributed by atoms with Crippen molar-refractivity contribution in [3.63, 3.8) is 0 Å². The first-order valence-electron chi connectivity index (χ1n) is 10.3. The molecular formula is C25H22N2O5S. The summed E-state index contributed by atoms with van der Waals surface area (Å²) < 4.78 is 32.7. The van der Waals surface area contributed by atoms with Crippen molar-refractivity contribution < 1.29 is 22.7 Å². The van der Waals surface area contributed by atoms with E-state index in [1.807, 2.05) is 18.2 Å². The molecule has 0 radical (unpaired) electrons. The van der Waals surface area contributed by atoms with E-state index in [1.54, 1.807) is 42.5 Å². The van der Waals surface area contributed by atoms with Crippen LogP contribution in [0.4, 0.5) is 11.4 Å². The number of nitrogens with zero attached hydrogens (tertiary/aromatic N) is 1. The van der Waals surface area contributed by atoms with Gasteiger partial charge in [0.25, 0.3) is 10.0 Å². The molecule has 0 bridgehead atoms. The zero-order chi connectivity index (χ0) is 23.4. The zero-order valence-corrected chi connectivity index (χ0v) is 18.7. The molecule has 1 heterocycles. The molecule has 3 aromatic carbocycles. The number of benzene rings is 3. The highest BCUT2D eigenvalue weighted by Crippen LogP contribution is 2.32. The topological polar surface area (TPSA) is 92.8 Å². The Bertz CT molecular complexity index is 1330. The molecule has 1 aliphatic rings. The number of fused-ring (bicyclic) bond motifs is 1. The first-order valence-corrected chi connectivity index (χ1v) is 11.8. The summed E-state index contributed by atoms with van der Waals surface area (Å²) in [5, 5.41) is 2.69. The highest BCUT2D eigenvalue weighted by molar-refractivity contribution is 7.92. The van der Waals surface area contributed by atoms with Gasteiger partial charge in [-0.3, -0.25) is 13.9 Å². The van der Waals surface area contributed by atoms with E-state index in [0.717, 1.165) is 5.56 Å². The number of ether oxygens (including phenoxy) is 1. The molecule has 0 saturated heterocycles. The quantitative estimate of drug-likeness (QED) is 0.339. The maximum Gasteiger partial charge on any atom is 0.308 e. The van der Waals surface area contributed by atoms with E-state index in [4.69, 9.17) is 4.74 Å². The highest BCUT2D eigenvalue weighted by atomic mass is 32.2. The van der Waals surface area contributed by atoms with Gasteiger partial charge in [0, 0.05) is 30.8 Å². The molecule has 1 aliphatic heterocycles. The fourth-order valence-corrected chi connectivity index (χ4v) is 5.11. The van der Waals surface area contributed by atoms with E-state index in [2.05, 4.69) is 5.32 Å². The van der Waals surface area contributed by atoms with Crippen molar-refractivity contribution in [2.75, 3.05) is 16.2 Å². The molecule has 0 aromatic heterocycles. The molecular weight excluding hydrogens is 440 g/mol. The Kier molecular flexibility index (Phi) is 6.28. The maximum absolute atomic E-state index is 13.1. The predicted octanol–water partition coefficient (Wildman–Crippen LogP) is 4.02. The summed E-state index contributed by atoms with van der Waals surface area (Å²) in [6.07, 6.45) is 3.53. The van der Waals surface area contributed by atoms with E-state index in [-0.39, 0.29) is 4.90 Å². The van der Waals surface area contributed by atoms with Crippen molar-refractivity contribution >= 4 is 39.4 Å². The lowest BCUT2D eigenvalue weighted by atomic mass is 10.2. The summed E-state index contributed by atoms with van der Waals surface area (Å²) in [7, 11) is -3.69. The Balaban J connectivity index is 1.45. The van der Waals surface area contributed by atoms with E-state index < -0.39 is 21.9 Å². The fraction of sp³-hybridized carbons (Fsp3) is 0.120. The number of anilines is 2.